The number of nitrogens with one attached hydrogen (secondary N) is 2. The molecule has 7 heteroatoms. The standard InChI is InChI=1S/C21H26N4O3/c1-3-28-21(27)25-11-9-17(10-12-25)23-18-7-8-19(22-14-18)24-20(26)16-6-4-5-15(2)13-16/h4-8,13-14,17,23H,3,9-12H2,1-2H3,(H,22,24,26). The Labute approximate surface area is 165 Å². The van der Waals surface area contributed by atoms with Crippen molar-refractivity contribution in [3.63, 3.8) is 0 Å². The van der Waals surface area contributed by atoms with E-state index in [4.69, 9.17) is 4.74 Å². The van der Waals surface area contributed by atoms with Gasteiger partial charge >= 0.3 is 6.09 Å². The van der Waals surface area contributed by atoms with Crippen molar-refractivity contribution in [1.82, 2.24) is 9.88 Å². The van der Waals surface area contributed by atoms with E-state index in [2.05, 4.69) is 15.6 Å². The van der Waals surface area contributed by atoms with Crippen LogP contribution in [0.1, 0.15) is 35.7 Å². The van der Waals surface area contributed by atoms with Crippen LogP contribution in [-0.4, -0.2) is 47.6 Å². The van der Waals surface area contributed by atoms with Crippen molar-refractivity contribution in [2.75, 3.05) is 30.3 Å². The molecule has 0 unspecified atom stereocenters. The molecular formula is C21H26N4O3. The molecule has 2 N–H and O–H groups in total. The highest BCUT2D eigenvalue weighted by atomic mass is 16.6. The predicted octanol–water partition coefficient (Wildman–Crippen LogP) is 3.68. The molecule has 0 spiro atoms. The van der Waals surface area contributed by atoms with Gasteiger partial charge < -0.3 is 20.3 Å². The summed E-state index contributed by atoms with van der Waals surface area (Å²) in [5.41, 5.74) is 2.54. The van der Waals surface area contributed by atoms with Crippen LogP contribution in [0, 0.1) is 6.92 Å². The van der Waals surface area contributed by atoms with Crippen LogP contribution in [0.4, 0.5) is 16.3 Å². The van der Waals surface area contributed by atoms with Gasteiger partial charge in [0.05, 0.1) is 18.5 Å². The SMILES string of the molecule is CCOC(=O)N1CCC(Nc2ccc(NC(=O)c3cccc(C)c3)nc2)CC1. The molecule has 1 aromatic carbocycles. The van der Waals surface area contributed by atoms with Gasteiger partial charge in [0.2, 0.25) is 0 Å². The third-order valence-electron chi connectivity index (χ3n) is 4.68. The first-order valence-electron chi connectivity index (χ1n) is 9.57. The summed E-state index contributed by atoms with van der Waals surface area (Å²) in [6.07, 6.45) is 3.18. The summed E-state index contributed by atoms with van der Waals surface area (Å²) in [5.74, 6) is 0.331. The molecule has 2 aromatic rings. The summed E-state index contributed by atoms with van der Waals surface area (Å²) >= 11 is 0. The fourth-order valence-corrected chi connectivity index (χ4v) is 3.18. The maximum absolute atomic E-state index is 12.3. The number of piperidine rings is 1. The Morgan fingerprint density at radius 3 is 2.64 bits per heavy atom. The topological polar surface area (TPSA) is 83.6 Å². The Hall–Kier alpha value is -3.09. The van der Waals surface area contributed by atoms with Gasteiger partial charge in [0, 0.05) is 24.7 Å². The molecule has 1 saturated heterocycles. The molecule has 1 aromatic heterocycles. The Kier molecular flexibility index (Phi) is 6.47. The molecule has 1 fully saturated rings. The number of ether oxygens (including phenoxy) is 1. The maximum atomic E-state index is 12.3. The second-order valence-corrected chi connectivity index (χ2v) is 6.86. The highest BCUT2D eigenvalue weighted by Gasteiger charge is 2.23. The lowest BCUT2D eigenvalue weighted by Gasteiger charge is -2.32. The molecule has 0 atom stereocenters. The van der Waals surface area contributed by atoms with Crippen molar-refractivity contribution >= 4 is 23.5 Å². The molecule has 28 heavy (non-hydrogen) atoms. The van der Waals surface area contributed by atoms with Gasteiger partial charge in [-0.25, -0.2) is 9.78 Å². The number of carbonyl (C=O) groups is 2. The normalized spacial score (nSPS) is 14.4. The highest BCUT2D eigenvalue weighted by molar-refractivity contribution is 6.03. The number of likely N-dealkylation sites (tertiary alicyclic amines) is 1. The maximum Gasteiger partial charge on any atom is 0.409 e. The number of nitrogens with zero attached hydrogens (tertiary/aromatic N) is 2. The molecule has 1 aliphatic rings. The first-order valence-corrected chi connectivity index (χ1v) is 9.57. The predicted molar refractivity (Wildman–Crippen MR) is 109 cm³/mol. The Balaban J connectivity index is 1.50. The fraction of sp³-hybridized carbons (Fsp3) is 0.381. The van der Waals surface area contributed by atoms with Gasteiger partial charge in [-0.15, -0.1) is 0 Å². The van der Waals surface area contributed by atoms with Gasteiger partial charge in [-0.05, 0) is 51.0 Å². The van der Waals surface area contributed by atoms with Crippen LogP contribution < -0.4 is 10.6 Å². The molecule has 0 saturated carbocycles. The van der Waals surface area contributed by atoms with Crippen LogP contribution >= 0.6 is 0 Å². The first-order chi connectivity index (χ1) is 13.5. The third kappa shape index (κ3) is 5.22. The molecule has 2 heterocycles. The van der Waals surface area contributed by atoms with Gasteiger partial charge in [-0.3, -0.25) is 4.79 Å². The summed E-state index contributed by atoms with van der Waals surface area (Å²) < 4.78 is 5.04. The summed E-state index contributed by atoms with van der Waals surface area (Å²) in [6, 6.07) is 11.4. The molecular weight excluding hydrogens is 356 g/mol. The van der Waals surface area contributed by atoms with E-state index >= 15 is 0 Å². The van der Waals surface area contributed by atoms with Crippen molar-refractivity contribution in [2.45, 2.75) is 32.7 Å². The van der Waals surface area contributed by atoms with E-state index in [0.29, 0.717) is 31.1 Å². The van der Waals surface area contributed by atoms with Crippen molar-refractivity contribution in [3.8, 4) is 0 Å². The average Bonchev–Trinajstić information content (AvgIpc) is 2.70. The van der Waals surface area contributed by atoms with E-state index in [0.717, 1.165) is 24.1 Å². The number of rotatable bonds is 5. The van der Waals surface area contributed by atoms with Gasteiger partial charge in [0.15, 0.2) is 0 Å². The van der Waals surface area contributed by atoms with Crippen molar-refractivity contribution in [3.05, 3.63) is 53.7 Å². The van der Waals surface area contributed by atoms with Crippen LogP contribution in [0.25, 0.3) is 0 Å². The minimum absolute atomic E-state index is 0.178. The lowest BCUT2D eigenvalue weighted by molar-refractivity contribution is 0.0981. The quantitative estimate of drug-likeness (QED) is 0.824. The van der Waals surface area contributed by atoms with Crippen molar-refractivity contribution in [1.29, 1.82) is 0 Å². The molecule has 1 aliphatic heterocycles. The summed E-state index contributed by atoms with van der Waals surface area (Å²) in [5, 5.41) is 6.25. The van der Waals surface area contributed by atoms with Gasteiger partial charge in [-0.2, -0.15) is 0 Å². The van der Waals surface area contributed by atoms with Crippen molar-refractivity contribution < 1.29 is 14.3 Å². The van der Waals surface area contributed by atoms with E-state index in [9.17, 15) is 9.59 Å². The van der Waals surface area contributed by atoms with Gasteiger partial charge in [0.1, 0.15) is 5.82 Å². The zero-order chi connectivity index (χ0) is 19.9. The van der Waals surface area contributed by atoms with E-state index in [1.54, 1.807) is 23.2 Å². The van der Waals surface area contributed by atoms with Crippen molar-refractivity contribution in [2.24, 2.45) is 0 Å². The number of carbonyl (C=O) groups excluding carboxylic acids is 2. The van der Waals surface area contributed by atoms with Crippen LogP contribution in [0.2, 0.25) is 0 Å². The Morgan fingerprint density at radius 2 is 2.00 bits per heavy atom. The molecule has 148 valence electrons. The lowest BCUT2D eigenvalue weighted by atomic mass is 10.1. The second kappa shape index (κ2) is 9.21. The third-order valence-corrected chi connectivity index (χ3v) is 4.68. The molecule has 0 bridgehead atoms. The van der Waals surface area contributed by atoms with E-state index in [-0.39, 0.29) is 18.0 Å². The van der Waals surface area contributed by atoms with Crippen LogP contribution in [0.3, 0.4) is 0 Å². The summed E-state index contributed by atoms with van der Waals surface area (Å²) in [6.45, 7) is 5.51. The average molecular weight is 382 g/mol. The minimum atomic E-state index is -0.240. The zero-order valence-electron chi connectivity index (χ0n) is 16.3. The second-order valence-electron chi connectivity index (χ2n) is 6.86. The molecule has 2 amide bonds. The molecule has 0 aliphatic carbocycles. The molecule has 3 rings (SSSR count). The largest absolute Gasteiger partial charge is 0.450 e. The summed E-state index contributed by atoms with van der Waals surface area (Å²) in [7, 11) is 0. The Morgan fingerprint density at radius 1 is 1.21 bits per heavy atom. The smallest absolute Gasteiger partial charge is 0.409 e. The van der Waals surface area contributed by atoms with Crippen LogP contribution in [-0.2, 0) is 4.74 Å². The van der Waals surface area contributed by atoms with Crippen LogP contribution in [0.15, 0.2) is 42.6 Å². The number of aromatic nitrogens is 1. The number of aryl methyl sites for hydroxylation is 1. The fourth-order valence-electron chi connectivity index (χ4n) is 3.18. The molecule has 7 nitrogen and oxygen atoms in total. The minimum Gasteiger partial charge on any atom is -0.450 e. The number of benzene rings is 1. The monoisotopic (exact) mass is 382 g/mol. The number of hydrogen-bond donors (Lipinski definition) is 2. The van der Waals surface area contributed by atoms with Gasteiger partial charge in [-0.1, -0.05) is 17.7 Å². The van der Waals surface area contributed by atoms with Gasteiger partial charge in [0.25, 0.3) is 5.91 Å². The summed E-state index contributed by atoms with van der Waals surface area (Å²) in [4.78, 5) is 30.1. The number of hydrogen-bond acceptors (Lipinski definition) is 5. The zero-order valence-corrected chi connectivity index (χ0v) is 16.3. The van der Waals surface area contributed by atoms with E-state index in [1.807, 2.05) is 38.1 Å². The van der Waals surface area contributed by atoms with E-state index in [1.165, 1.54) is 0 Å². The van der Waals surface area contributed by atoms with Crippen LogP contribution in [0.5, 0.6) is 0 Å². The highest BCUT2D eigenvalue weighted by Crippen LogP contribution is 2.18. The Bertz CT molecular complexity index is 815. The van der Waals surface area contributed by atoms with E-state index < -0.39 is 0 Å². The lowest BCUT2D eigenvalue weighted by Crippen LogP contribution is -2.42. The first kappa shape index (κ1) is 19.7. The number of amides is 2. The number of anilines is 2. The number of pyridine rings is 1. The molecule has 0 radical (unpaired) electrons.